The lowest BCUT2D eigenvalue weighted by atomic mass is 10.1. The van der Waals surface area contributed by atoms with Gasteiger partial charge in [0.2, 0.25) is 0 Å². The molecule has 1 aromatic carbocycles. The summed E-state index contributed by atoms with van der Waals surface area (Å²) in [6.07, 6.45) is 0.865. The molecule has 1 heterocycles. The van der Waals surface area contributed by atoms with Crippen molar-refractivity contribution in [1.29, 1.82) is 0 Å². The molecule has 0 aliphatic rings. The van der Waals surface area contributed by atoms with Crippen molar-refractivity contribution in [2.75, 3.05) is 0 Å². The van der Waals surface area contributed by atoms with Crippen LogP contribution < -0.4 is 5.73 Å². The van der Waals surface area contributed by atoms with Crippen molar-refractivity contribution in [2.45, 2.75) is 19.4 Å². The number of hydrogen-bond donors (Lipinski definition) is 2. The Labute approximate surface area is 99.1 Å². The number of thiophene rings is 1. The van der Waals surface area contributed by atoms with E-state index in [0.29, 0.717) is 5.75 Å². The van der Waals surface area contributed by atoms with Gasteiger partial charge < -0.3 is 10.8 Å². The molecule has 0 aliphatic heterocycles. The minimum absolute atomic E-state index is 0. The number of nitrogens with two attached hydrogens (primary N) is 1. The van der Waals surface area contributed by atoms with Crippen molar-refractivity contribution in [3.8, 4) is 5.75 Å². The molecule has 0 amide bonds. The number of phenols is 1. The summed E-state index contributed by atoms with van der Waals surface area (Å²) in [7, 11) is 0. The van der Waals surface area contributed by atoms with Crippen molar-refractivity contribution in [2.24, 2.45) is 5.73 Å². The first-order valence-corrected chi connectivity index (χ1v) is 5.49. The third-order valence-corrected chi connectivity index (χ3v) is 3.19. The molecule has 0 radical (unpaired) electrons. The first-order valence-electron chi connectivity index (χ1n) is 4.61. The summed E-state index contributed by atoms with van der Waals surface area (Å²) in [6.45, 7) is 1.99. The van der Waals surface area contributed by atoms with Crippen molar-refractivity contribution in [3.05, 3.63) is 29.1 Å². The van der Waals surface area contributed by atoms with Crippen LogP contribution in [0, 0.1) is 0 Å². The molecule has 0 saturated heterocycles. The number of phenolic OH excluding ortho intramolecular Hbond substituents is 1. The van der Waals surface area contributed by atoms with E-state index in [4.69, 9.17) is 5.73 Å². The Morgan fingerprint density at radius 3 is 2.87 bits per heavy atom. The van der Waals surface area contributed by atoms with Gasteiger partial charge in [-0.25, -0.2) is 0 Å². The van der Waals surface area contributed by atoms with Gasteiger partial charge in [0.15, 0.2) is 0 Å². The van der Waals surface area contributed by atoms with Crippen LogP contribution in [0.25, 0.3) is 10.1 Å². The number of hydrogen-bond acceptors (Lipinski definition) is 3. The molecule has 0 aliphatic carbocycles. The summed E-state index contributed by atoms with van der Waals surface area (Å²) in [5, 5.41) is 12.6. The minimum Gasteiger partial charge on any atom is -0.508 e. The number of aromatic hydroxyl groups is 1. The zero-order valence-electron chi connectivity index (χ0n) is 8.43. The Balaban J connectivity index is 0.00000112. The SMILES string of the molecule is CC(N)Cc1csc2ccc(O)cc12.Cl. The van der Waals surface area contributed by atoms with Gasteiger partial charge in [0.1, 0.15) is 5.75 Å². The highest BCUT2D eigenvalue weighted by Gasteiger charge is 2.06. The smallest absolute Gasteiger partial charge is 0.116 e. The molecular weight excluding hydrogens is 230 g/mol. The van der Waals surface area contributed by atoms with E-state index in [1.165, 1.54) is 10.3 Å². The zero-order chi connectivity index (χ0) is 10.1. The quantitative estimate of drug-likeness (QED) is 0.852. The van der Waals surface area contributed by atoms with Crippen LogP contribution >= 0.6 is 23.7 Å². The fourth-order valence-electron chi connectivity index (χ4n) is 1.57. The second-order valence-corrected chi connectivity index (χ2v) is 4.53. The van der Waals surface area contributed by atoms with Crippen molar-refractivity contribution in [1.82, 2.24) is 0 Å². The van der Waals surface area contributed by atoms with Crippen LogP contribution in [0.3, 0.4) is 0 Å². The molecule has 2 rings (SSSR count). The monoisotopic (exact) mass is 243 g/mol. The Kier molecular flexibility index (Phi) is 3.97. The Morgan fingerprint density at radius 2 is 2.20 bits per heavy atom. The normalized spacial score (nSPS) is 12.4. The summed E-state index contributed by atoms with van der Waals surface area (Å²) < 4.78 is 1.21. The van der Waals surface area contributed by atoms with Crippen molar-refractivity contribution >= 4 is 33.8 Å². The van der Waals surface area contributed by atoms with Gasteiger partial charge in [0, 0.05) is 10.7 Å². The summed E-state index contributed by atoms with van der Waals surface area (Å²) in [4.78, 5) is 0. The highest BCUT2D eigenvalue weighted by molar-refractivity contribution is 7.17. The maximum Gasteiger partial charge on any atom is 0.116 e. The van der Waals surface area contributed by atoms with Crippen LogP contribution in [0.5, 0.6) is 5.75 Å². The molecule has 1 atom stereocenters. The fraction of sp³-hybridized carbons (Fsp3) is 0.273. The summed E-state index contributed by atoms with van der Waals surface area (Å²) in [6, 6.07) is 5.63. The zero-order valence-corrected chi connectivity index (χ0v) is 10.1. The Morgan fingerprint density at radius 1 is 1.47 bits per heavy atom. The molecule has 0 spiro atoms. The van der Waals surface area contributed by atoms with Crippen molar-refractivity contribution in [3.63, 3.8) is 0 Å². The lowest BCUT2D eigenvalue weighted by molar-refractivity contribution is 0.476. The maximum atomic E-state index is 9.38. The van der Waals surface area contributed by atoms with Crippen LogP contribution in [-0.4, -0.2) is 11.1 Å². The van der Waals surface area contributed by atoms with E-state index in [-0.39, 0.29) is 18.4 Å². The lowest BCUT2D eigenvalue weighted by Crippen LogP contribution is -2.17. The van der Waals surface area contributed by atoms with E-state index >= 15 is 0 Å². The molecule has 82 valence electrons. The van der Waals surface area contributed by atoms with Gasteiger partial charge in [-0.2, -0.15) is 0 Å². The van der Waals surface area contributed by atoms with Crippen LogP contribution in [0.15, 0.2) is 23.6 Å². The van der Waals surface area contributed by atoms with Gasteiger partial charge in [-0.3, -0.25) is 0 Å². The molecule has 0 saturated carbocycles. The van der Waals surface area contributed by atoms with E-state index in [1.54, 1.807) is 17.4 Å². The van der Waals surface area contributed by atoms with Crippen molar-refractivity contribution < 1.29 is 5.11 Å². The van der Waals surface area contributed by atoms with Crippen LogP contribution in [-0.2, 0) is 6.42 Å². The maximum absolute atomic E-state index is 9.38. The van der Waals surface area contributed by atoms with Gasteiger partial charge in [-0.05, 0) is 47.9 Å². The predicted molar refractivity (Wildman–Crippen MR) is 68.1 cm³/mol. The average molecular weight is 244 g/mol. The molecule has 1 unspecified atom stereocenters. The van der Waals surface area contributed by atoms with E-state index in [0.717, 1.165) is 11.8 Å². The molecule has 4 heteroatoms. The Hall–Kier alpha value is -0.770. The predicted octanol–water partition coefficient (Wildman–Crippen LogP) is 2.92. The van der Waals surface area contributed by atoms with E-state index in [1.807, 2.05) is 19.1 Å². The standard InChI is InChI=1S/C11H13NOS.ClH/c1-7(12)4-8-6-14-11-3-2-9(13)5-10(8)11;/h2-3,5-7,13H,4,12H2,1H3;1H. The second kappa shape index (κ2) is 4.84. The van der Waals surface area contributed by atoms with Gasteiger partial charge in [-0.15, -0.1) is 23.7 Å². The minimum atomic E-state index is 0. The molecule has 2 aromatic rings. The summed E-state index contributed by atoms with van der Waals surface area (Å²) in [5.41, 5.74) is 6.99. The van der Waals surface area contributed by atoms with E-state index in [2.05, 4.69) is 5.38 Å². The number of rotatable bonds is 2. The highest BCUT2D eigenvalue weighted by atomic mass is 35.5. The molecule has 0 fully saturated rings. The summed E-state index contributed by atoms with van der Waals surface area (Å²) >= 11 is 1.70. The first-order chi connectivity index (χ1) is 6.66. The topological polar surface area (TPSA) is 46.2 Å². The molecule has 15 heavy (non-hydrogen) atoms. The fourth-order valence-corrected chi connectivity index (χ4v) is 2.53. The number of halogens is 1. The number of fused-ring (bicyclic) bond motifs is 1. The first kappa shape index (κ1) is 12.3. The largest absolute Gasteiger partial charge is 0.508 e. The van der Waals surface area contributed by atoms with Gasteiger partial charge in [0.05, 0.1) is 0 Å². The van der Waals surface area contributed by atoms with E-state index in [9.17, 15) is 5.11 Å². The molecule has 2 nitrogen and oxygen atoms in total. The van der Waals surface area contributed by atoms with Crippen LogP contribution in [0.1, 0.15) is 12.5 Å². The lowest BCUT2D eigenvalue weighted by Gasteiger charge is -2.03. The average Bonchev–Trinajstić information content (AvgIpc) is 2.47. The van der Waals surface area contributed by atoms with Gasteiger partial charge in [-0.1, -0.05) is 0 Å². The third kappa shape index (κ3) is 2.62. The number of benzene rings is 1. The second-order valence-electron chi connectivity index (χ2n) is 3.62. The van der Waals surface area contributed by atoms with Crippen LogP contribution in [0.4, 0.5) is 0 Å². The van der Waals surface area contributed by atoms with Crippen LogP contribution in [0.2, 0.25) is 0 Å². The molecule has 1 aromatic heterocycles. The molecular formula is C11H14ClNOS. The molecule has 3 N–H and O–H groups in total. The van der Waals surface area contributed by atoms with Gasteiger partial charge in [0.25, 0.3) is 0 Å². The third-order valence-electron chi connectivity index (χ3n) is 2.18. The summed E-state index contributed by atoms with van der Waals surface area (Å²) in [5.74, 6) is 0.321. The van der Waals surface area contributed by atoms with E-state index < -0.39 is 0 Å². The van der Waals surface area contributed by atoms with Gasteiger partial charge >= 0.3 is 0 Å². The molecule has 0 bridgehead atoms. The Bertz CT molecular complexity index is 453. The highest BCUT2D eigenvalue weighted by Crippen LogP contribution is 2.29.